The Morgan fingerprint density at radius 2 is 2.00 bits per heavy atom. The number of aromatic nitrogens is 5. The molecule has 0 fully saturated rings. The summed E-state index contributed by atoms with van der Waals surface area (Å²) in [7, 11) is 1.62. The minimum atomic E-state index is 0.430. The van der Waals surface area contributed by atoms with E-state index in [-0.39, 0.29) is 0 Å². The second-order valence-corrected chi connectivity index (χ2v) is 7.73. The van der Waals surface area contributed by atoms with Crippen molar-refractivity contribution in [2.24, 2.45) is 5.92 Å². The minimum Gasteiger partial charge on any atom is -0.496 e. The molecular weight excluding hydrogens is 390 g/mol. The summed E-state index contributed by atoms with van der Waals surface area (Å²) in [4.78, 5) is 4.50. The maximum atomic E-state index is 5.51. The lowest BCUT2D eigenvalue weighted by molar-refractivity contribution is 0.390. The lowest BCUT2D eigenvalue weighted by Gasteiger charge is -2.10. The molecule has 9 heteroatoms. The minimum absolute atomic E-state index is 0.430. The molecule has 29 heavy (non-hydrogen) atoms. The van der Waals surface area contributed by atoms with Crippen molar-refractivity contribution in [2.75, 3.05) is 7.11 Å². The second-order valence-electron chi connectivity index (χ2n) is 6.79. The van der Waals surface area contributed by atoms with Crippen molar-refractivity contribution in [3.8, 4) is 28.7 Å². The molecular formula is C20H21N5O3S. The molecule has 3 heterocycles. The smallest absolute Gasteiger partial charge is 0.237 e. The Labute approximate surface area is 172 Å². The van der Waals surface area contributed by atoms with E-state index in [2.05, 4.69) is 38.8 Å². The Balaban J connectivity index is 1.53. The number of hydrogen-bond donors (Lipinski definition) is 0. The van der Waals surface area contributed by atoms with Crippen molar-refractivity contribution in [2.45, 2.75) is 31.3 Å². The molecule has 3 aromatic heterocycles. The Bertz CT molecular complexity index is 1070. The second kappa shape index (κ2) is 8.52. The van der Waals surface area contributed by atoms with E-state index in [0.717, 1.165) is 17.3 Å². The number of thioether (sulfide) groups is 1. The van der Waals surface area contributed by atoms with Crippen LogP contribution in [0.15, 0.2) is 56.8 Å². The third kappa shape index (κ3) is 4.19. The summed E-state index contributed by atoms with van der Waals surface area (Å²) < 4.78 is 18.4. The van der Waals surface area contributed by atoms with Gasteiger partial charge in [-0.1, -0.05) is 42.9 Å². The third-order valence-corrected chi connectivity index (χ3v) is 5.10. The van der Waals surface area contributed by atoms with Crippen LogP contribution in [0.3, 0.4) is 0 Å². The molecule has 4 rings (SSSR count). The summed E-state index contributed by atoms with van der Waals surface area (Å²) in [6, 6.07) is 11.3. The monoisotopic (exact) mass is 411 g/mol. The van der Waals surface area contributed by atoms with Crippen LogP contribution in [-0.4, -0.2) is 32.0 Å². The van der Waals surface area contributed by atoms with E-state index in [1.54, 1.807) is 13.4 Å². The number of benzene rings is 1. The van der Waals surface area contributed by atoms with E-state index in [1.165, 1.54) is 11.8 Å². The molecule has 8 nitrogen and oxygen atoms in total. The van der Waals surface area contributed by atoms with Gasteiger partial charge in [0.05, 0.1) is 24.7 Å². The third-order valence-electron chi connectivity index (χ3n) is 4.15. The fraction of sp³-hybridized carbons (Fsp3) is 0.300. The highest BCUT2D eigenvalue weighted by atomic mass is 32.2. The highest BCUT2D eigenvalue weighted by Crippen LogP contribution is 2.30. The lowest BCUT2D eigenvalue weighted by Crippen LogP contribution is -2.07. The molecule has 0 aliphatic heterocycles. The van der Waals surface area contributed by atoms with Crippen molar-refractivity contribution < 1.29 is 13.7 Å². The van der Waals surface area contributed by atoms with Crippen LogP contribution in [0.1, 0.15) is 19.7 Å². The van der Waals surface area contributed by atoms with Crippen LogP contribution in [0.5, 0.6) is 5.75 Å². The maximum absolute atomic E-state index is 5.51. The maximum Gasteiger partial charge on any atom is 0.237 e. The van der Waals surface area contributed by atoms with Crippen molar-refractivity contribution in [1.29, 1.82) is 0 Å². The number of hydrogen-bond acceptors (Lipinski definition) is 8. The zero-order chi connectivity index (χ0) is 20.2. The van der Waals surface area contributed by atoms with Gasteiger partial charge in [0, 0.05) is 6.54 Å². The van der Waals surface area contributed by atoms with E-state index in [1.807, 2.05) is 36.4 Å². The molecule has 0 atom stereocenters. The number of rotatable bonds is 8. The molecule has 4 aromatic rings. The molecule has 1 aromatic carbocycles. The van der Waals surface area contributed by atoms with Gasteiger partial charge in [-0.2, -0.15) is 4.98 Å². The fourth-order valence-electron chi connectivity index (χ4n) is 2.89. The Kier molecular flexibility index (Phi) is 5.66. The zero-order valence-corrected chi connectivity index (χ0v) is 17.2. The highest BCUT2D eigenvalue weighted by Gasteiger charge is 2.19. The van der Waals surface area contributed by atoms with Gasteiger partial charge in [-0.3, -0.25) is 4.57 Å². The predicted octanol–water partition coefficient (Wildman–Crippen LogP) is 4.55. The topological polar surface area (TPSA) is 92.0 Å². The summed E-state index contributed by atoms with van der Waals surface area (Å²) in [6.07, 6.45) is 1.63. The molecule has 0 spiro atoms. The van der Waals surface area contributed by atoms with Crippen LogP contribution in [-0.2, 0) is 12.3 Å². The zero-order valence-electron chi connectivity index (χ0n) is 16.4. The van der Waals surface area contributed by atoms with Crippen molar-refractivity contribution in [3.05, 3.63) is 48.6 Å². The molecule has 0 N–H and O–H groups in total. The SMILES string of the molecule is COc1ccccc1-c1noc(CSc2nnc(-c3ccco3)n2CC(C)C)n1. The van der Waals surface area contributed by atoms with Crippen molar-refractivity contribution >= 4 is 11.8 Å². The Hall–Kier alpha value is -3.07. The van der Waals surface area contributed by atoms with Gasteiger partial charge in [0.15, 0.2) is 16.7 Å². The van der Waals surface area contributed by atoms with Crippen LogP contribution < -0.4 is 4.74 Å². The van der Waals surface area contributed by atoms with Gasteiger partial charge in [0.2, 0.25) is 11.7 Å². The van der Waals surface area contributed by atoms with Gasteiger partial charge >= 0.3 is 0 Å². The average molecular weight is 411 g/mol. The molecule has 0 unspecified atom stereocenters. The van der Waals surface area contributed by atoms with Crippen molar-refractivity contribution in [3.63, 3.8) is 0 Å². The summed E-state index contributed by atoms with van der Waals surface area (Å²) >= 11 is 1.50. The number of nitrogens with zero attached hydrogens (tertiary/aromatic N) is 5. The van der Waals surface area contributed by atoms with Crippen LogP contribution >= 0.6 is 11.8 Å². The Morgan fingerprint density at radius 1 is 1.14 bits per heavy atom. The van der Waals surface area contributed by atoms with Gasteiger partial charge in [-0.15, -0.1) is 10.2 Å². The summed E-state index contributed by atoms with van der Waals surface area (Å²) in [5, 5.41) is 13.5. The van der Waals surface area contributed by atoms with E-state index < -0.39 is 0 Å². The summed E-state index contributed by atoms with van der Waals surface area (Å²) in [5.41, 5.74) is 0.790. The van der Waals surface area contributed by atoms with Crippen LogP contribution in [0.2, 0.25) is 0 Å². The molecule has 0 amide bonds. The van der Waals surface area contributed by atoms with Crippen molar-refractivity contribution in [1.82, 2.24) is 24.9 Å². The number of methoxy groups -OCH3 is 1. The Morgan fingerprint density at radius 3 is 2.76 bits per heavy atom. The van der Waals surface area contributed by atoms with Gasteiger partial charge in [0.25, 0.3) is 0 Å². The first-order chi connectivity index (χ1) is 14.2. The van der Waals surface area contributed by atoms with Gasteiger partial charge in [-0.25, -0.2) is 0 Å². The van der Waals surface area contributed by atoms with E-state index in [4.69, 9.17) is 13.7 Å². The van der Waals surface area contributed by atoms with Gasteiger partial charge in [-0.05, 0) is 30.2 Å². The van der Waals surface area contributed by atoms with E-state index in [9.17, 15) is 0 Å². The highest BCUT2D eigenvalue weighted by molar-refractivity contribution is 7.98. The predicted molar refractivity (Wildman–Crippen MR) is 108 cm³/mol. The summed E-state index contributed by atoms with van der Waals surface area (Å²) in [5.74, 6) is 4.03. The van der Waals surface area contributed by atoms with Crippen LogP contribution in [0.25, 0.3) is 23.0 Å². The standard InChI is InChI=1S/C20H21N5O3S/c1-13(2)11-25-19(16-9-6-10-27-16)22-23-20(25)29-12-17-21-18(24-28-17)14-7-4-5-8-15(14)26-3/h4-10,13H,11-12H2,1-3H3. The number of furan rings is 1. The molecule has 0 bridgehead atoms. The average Bonchev–Trinajstić information content (AvgIpc) is 3.47. The molecule has 0 aliphatic rings. The number of para-hydroxylation sites is 1. The van der Waals surface area contributed by atoms with E-state index in [0.29, 0.717) is 40.7 Å². The fourth-order valence-corrected chi connectivity index (χ4v) is 3.68. The first-order valence-corrected chi connectivity index (χ1v) is 10.2. The lowest BCUT2D eigenvalue weighted by atomic mass is 10.2. The van der Waals surface area contributed by atoms with Crippen LogP contribution in [0.4, 0.5) is 0 Å². The van der Waals surface area contributed by atoms with Gasteiger partial charge < -0.3 is 13.7 Å². The summed E-state index contributed by atoms with van der Waals surface area (Å²) in [6.45, 7) is 5.08. The van der Waals surface area contributed by atoms with Gasteiger partial charge in [0.1, 0.15) is 5.75 Å². The molecule has 0 radical (unpaired) electrons. The number of ether oxygens (including phenoxy) is 1. The first-order valence-electron chi connectivity index (χ1n) is 9.21. The van der Waals surface area contributed by atoms with E-state index >= 15 is 0 Å². The molecule has 0 aliphatic carbocycles. The first kappa shape index (κ1) is 19.3. The quantitative estimate of drug-likeness (QED) is 0.390. The molecule has 0 saturated carbocycles. The molecule has 150 valence electrons. The van der Waals surface area contributed by atoms with Crippen LogP contribution in [0, 0.1) is 5.92 Å². The largest absolute Gasteiger partial charge is 0.496 e. The normalized spacial score (nSPS) is 11.3. The molecule has 0 saturated heterocycles.